The lowest BCUT2D eigenvalue weighted by atomic mass is 10.1. The second kappa shape index (κ2) is 6.53. The lowest BCUT2D eigenvalue weighted by molar-refractivity contribution is 0.0520. The average molecular weight is 452 g/mol. The molecule has 0 radical (unpaired) electrons. The average Bonchev–Trinajstić information content (AvgIpc) is 2.90. The quantitative estimate of drug-likeness (QED) is 0.571. The Kier molecular flexibility index (Phi) is 4.97. The number of hydrogen-bond donors (Lipinski definition) is 1. The van der Waals surface area contributed by atoms with E-state index in [4.69, 9.17) is 9.47 Å². The van der Waals surface area contributed by atoms with E-state index in [9.17, 15) is 4.79 Å². The van der Waals surface area contributed by atoms with Crippen molar-refractivity contribution in [2.45, 2.75) is 6.92 Å². The highest BCUT2D eigenvalue weighted by Gasteiger charge is 2.21. The summed E-state index contributed by atoms with van der Waals surface area (Å²) < 4.78 is 11.9. The van der Waals surface area contributed by atoms with Gasteiger partial charge in [-0.25, -0.2) is 4.79 Å². The Morgan fingerprint density at radius 1 is 1.45 bits per heavy atom. The fourth-order valence-corrected chi connectivity index (χ4v) is 2.82. The number of benzene rings is 1. The van der Waals surface area contributed by atoms with Crippen molar-refractivity contribution < 1.29 is 14.3 Å². The van der Waals surface area contributed by atoms with Gasteiger partial charge in [0.15, 0.2) is 5.69 Å². The molecule has 1 N–H and O–H groups in total. The summed E-state index contributed by atoms with van der Waals surface area (Å²) in [4.78, 5) is 11.8. The van der Waals surface area contributed by atoms with Crippen molar-refractivity contribution in [1.29, 1.82) is 0 Å². The van der Waals surface area contributed by atoms with Gasteiger partial charge in [-0.1, -0.05) is 0 Å². The van der Waals surface area contributed by atoms with E-state index < -0.39 is 5.97 Å². The third-order valence-corrected chi connectivity index (χ3v) is 4.01. The molecule has 1 aromatic carbocycles. The third kappa shape index (κ3) is 2.95. The lowest BCUT2D eigenvalue weighted by Crippen LogP contribution is -2.07. The number of aromatic nitrogens is 3. The van der Waals surface area contributed by atoms with Crippen molar-refractivity contribution >= 4 is 44.5 Å². The number of rotatable bonds is 4. The standard InChI is InChI=1S/C12H11BrIN3O3/c1-3-20-12(18)11-10(15-17-16-11)6-4-8(14)9(19-2)5-7(6)13/h4-5H,3H2,1-2H3,(H,15,16,17). The largest absolute Gasteiger partial charge is 0.496 e. The van der Waals surface area contributed by atoms with Gasteiger partial charge < -0.3 is 9.47 Å². The van der Waals surface area contributed by atoms with Crippen LogP contribution in [0.3, 0.4) is 0 Å². The van der Waals surface area contributed by atoms with E-state index in [1.807, 2.05) is 12.1 Å². The molecule has 8 heteroatoms. The molecule has 0 saturated carbocycles. The molecule has 0 unspecified atom stereocenters. The summed E-state index contributed by atoms with van der Waals surface area (Å²) in [5, 5.41) is 10.4. The normalized spacial score (nSPS) is 10.4. The summed E-state index contributed by atoms with van der Waals surface area (Å²) in [6.45, 7) is 2.02. The van der Waals surface area contributed by atoms with Crippen LogP contribution in [0.25, 0.3) is 11.3 Å². The number of aromatic amines is 1. The number of nitrogens with one attached hydrogen (secondary N) is 1. The van der Waals surface area contributed by atoms with Gasteiger partial charge in [-0.2, -0.15) is 10.3 Å². The van der Waals surface area contributed by atoms with E-state index in [0.717, 1.165) is 19.4 Å². The molecule has 0 atom stereocenters. The van der Waals surface area contributed by atoms with Gasteiger partial charge in [0.25, 0.3) is 0 Å². The minimum atomic E-state index is -0.506. The topological polar surface area (TPSA) is 77.1 Å². The molecular weight excluding hydrogens is 441 g/mol. The van der Waals surface area contributed by atoms with Crippen LogP contribution in [0.4, 0.5) is 0 Å². The zero-order valence-corrected chi connectivity index (χ0v) is 14.5. The Bertz CT molecular complexity index is 645. The fraction of sp³-hybridized carbons (Fsp3) is 0.250. The number of esters is 1. The van der Waals surface area contributed by atoms with E-state index in [1.165, 1.54) is 0 Å². The third-order valence-electron chi connectivity index (χ3n) is 2.51. The van der Waals surface area contributed by atoms with Crippen LogP contribution in [0.15, 0.2) is 16.6 Å². The molecule has 2 rings (SSSR count). The van der Waals surface area contributed by atoms with E-state index in [2.05, 4.69) is 53.9 Å². The molecule has 0 spiro atoms. The van der Waals surface area contributed by atoms with Crippen molar-refractivity contribution in [3.63, 3.8) is 0 Å². The van der Waals surface area contributed by atoms with E-state index in [-0.39, 0.29) is 12.3 Å². The first-order valence-electron chi connectivity index (χ1n) is 5.69. The van der Waals surface area contributed by atoms with Gasteiger partial charge >= 0.3 is 5.97 Å². The van der Waals surface area contributed by atoms with E-state index >= 15 is 0 Å². The summed E-state index contributed by atoms with van der Waals surface area (Å²) >= 11 is 5.60. The summed E-state index contributed by atoms with van der Waals surface area (Å²) in [6, 6.07) is 3.69. The monoisotopic (exact) mass is 451 g/mol. The number of hydrogen-bond acceptors (Lipinski definition) is 5. The second-order valence-electron chi connectivity index (χ2n) is 3.71. The molecule has 0 aliphatic rings. The van der Waals surface area contributed by atoms with E-state index in [0.29, 0.717) is 5.69 Å². The predicted molar refractivity (Wildman–Crippen MR) is 84.7 cm³/mol. The number of carbonyl (C=O) groups excluding carboxylic acids is 1. The second-order valence-corrected chi connectivity index (χ2v) is 5.72. The molecule has 106 valence electrons. The minimum absolute atomic E-state index is 0.161. The number of methoxy groups -OCH3 is 1. The van der Waals surface area contributed by atoms with E-state index in [1.54, 1.807) is 14.0 Å². The van der Waals surface area contributed by atoms with Gasteiger partial charge in [0.2, 0.25) is 0 Å². The highest BCUT2D eigenvalue weighted by atomic mass is 127. The highest BCUT2D eigenvalue weighted by Crippen LogP contribution is 2.35. The molecule has 0 fully saturated rings. The number of H-pyrrole nitrogens is 1. The van der Waals surface area contributed by atoms with Crippen LogP contribution in [0.5, 0.6) is 5.75 Å². The van der Waals surface area contributed by atoms with Crippen LogP contribution in [-0.2, 0) is 4.74 Å². The molecule has 0 bridgehead atoms. The maximum absolute atomic E-state index is 11.8. The Balaban J connectivity index is 2.50. The Morgan fingerprint density at radius 3 is 2.85 bits per heavy atom. The zero-order valence-electron chi connectivity index (χ0n) is 10.7. The number of nitrogens with zero attached hydrogens (tertiary/aromatic N) is 2. The molecular formula is C12H11BrIN3O3. The Labute approximate surface area is 137 Å². The molecule has 1 aromatic heterocycles. The Morgan fingerprint density at radius 2 is 2.20 bits per heavy atom. The van der Waals surface area contributed by atoms with Crippen molar-refractivity contribution in [2.75, 3.05) is 13.7 Å². The van der Waals surface area contributed by atoms with Crippen molar-refractivity contribution in [2.24, 2.45) is 0 Å². The fourth-order valence-electron chi connectivity index (χ4n) is 1.63. The smallest absolute Gasteiger partial charge is 0.361 e. The molecule has 2 aromatic rings. The summed E-state index contributed by atoms with van der Waals surface area (Å²) in [7, 11) is 1.60. The highest BCUT2D eigenvalue weighted by molar-refractivity contribution is 14.1. The number of ether oxygens (including phenoxy) is 2. The lowest BCUT2D eigenvalue weighted by Gasteiger charge is -2.08. The summed E-state index contributed by atoms with van der Waals surface area (Å²) in [5.74, 6) is 0.233. The van der Waals surface area contributed by atoms with Gasteiger partial charge in [-0.3, -0.25) is 0 Å². The van der Waals surface area contributed by atoms with Gasteiger partial charge in [0, 0.05) is 10.0 Å². The van der Waals surface area contributed by atoms with Crippen molar-refractivity contribution in [3.05, 3.63) is 25.9 Å². The molecule has 6 nitrogen and oxygen atoms in total. The van der Waals surface area contributed by atoms with Gasteiger partial charge in [-0.05, 0) is 57.6 Å². The summed E-state index contributed by atoms with van der Waals surface area (Å²) in [5.41, 5.74) is 1.34. The first kappa shape index (κ1) is 15.2. The molecule has 0 saturated heterocycles. The van der Waals surface area contributed by atoms with Crippen LogP contribution in [0, 0.1) is 3.57 Å². The molecule has 0 aliphatic heterocycles. The summed E-state index contributed by atoms with van der Waals surface area (Å²) in [6.07, 6.45) is 0. The van der Waals surface area contributed by atoms with Crippen molar-refractivity contribution in [1.82, 2.24) is 15.4 Å². The maximum Gasteiger partial charge on any atom is 0.361 e. The predicted octanol–water partition coefficient (Wildman–Crippen LogP) is 3.02. The van der Waals surface area contributed by atoms with Crippen molar-refractivity contribution in [3.8, 4) is 17.0 Å². The minimum Gasteiger partial charge on any atom is -0.496 e. The van der Waals surface area contributed by atoms with Gasteiger partial charge in [-0.15, -0.1) is 5.10 Å². The first-order chi connectivity index (χ1) is 9.58. The molecule has 0 aliphatic carbocycles. The van der Waals surface area contributed by atoms with Crippen LogP contribution in [-0.4, -0.2) is 35.1 Å². The SMILES string of the molecule is CCOC(=O)c1n[nH]nc1-c1cc(I)c(OC)cc1Br. The Hall–Kier alpha value is -1.16. The van der Waals surface area contributed by atoms with Crippen LogP contribution >= 0.6 is 38.5 Å². The van der Waals surface area contributed by atoms with Gasteiger partial charge in [0.1, 0.15) is 11.4 Å². The van der Waals surface area contributed by atoms with Crippen LogP contribution < -0.4 is 4.74 Å². The maximum atomic E-state index is 11.8. The van der Waals surface area contributed by atoms with Crippen LogP contribution in [0.2, 0.25) is 0 Å². The number of carbonyl (C=O) groups is 1. The van der Waals surface area contributed by atoms with Crippen LogP contribution in [0.1, 0.15) is 17.4 Å². The molecule has 0 amide bonds. The molecule has 1 heterocycles. The first-order valence-corrected chi connectivity index (χ1v) is 7.57. The number of halogens is 2. The molecule has 20 heavy (non-hydrogen) atoms. The zero-order chi connectivity index (χ0) is 14.7. The van der Waals surface area contributed by atoms with Gasteiger partial charge in [0.05, 0.1) is 17.3 Å².